The van der Waals surface area contributed by atoms with Crippen molar-refractivity contribution in [3.63, 3.8) is 0 Å². The molecular weight excluding hydrogens is 357 g/mol. The van der Waals surface area contributed by atoms with E-state index in [4.69, 9.17) is 5.11 Å². The van der Waals surface area contributed by atoms with Gasteiger partial charge in [-0.25, -0.2) is 0 Å². The first-order valence-electron chi connectivity index (χ1n) is 8.45. The molecule has 1 aliphatic carbocycles. The Bertz CT molecular complexity index is 298. The number of hydrogen-bond donors (Lipinski definition) is 3. The molecule has 0 bridgehead atoms. The minimum Gasteiger partial charge on any atom is -0.481 e. The van der Waals surface area contributed by atoms with Gasteiger partial charge in [-0.1, -0.05) is 32.6 Å². The number of aliphatic hydroxyl groups excluding tert-OH is 2. The molecule has 127 valence electrons. The van der Waals surface area contributed by atoms with Crippen molar-refractivity contribution < 1.29 is 52.8 Å². The Morgan fingerprint density at radius 2 is 1.91 bits per heavy atom. The van der Waals surface area contributed by atoms with Crippen molar-refractivity contribution in [2.24, 2.45) is 11.8 Å². The summed E-state index contributed by atoms with van der Waals surface area (Å²) in [6, 6.07) is 0. The second-order valence-electron chi connectivity index (χ2n) is 6.35. The third kappa shape index (κ3) is 8.95. The van der Waals surface area contributed by atoms with Crippen molar-refractivity contribution in [2.45, 2.75) is 83.3 Å². The van der Waals surface area contributed by atoms with Crippen LogP contribution in [0, 0.1) is 18.3 Å². The molecule has 0 aromatic rings. The summed E-state index contributed by atoms with van der Waals surface area (Å²) in [6.07, 6.45) is 10.2. The Morgan fingerprint density at radius 3 is 2.55 bits per heavy atom. The summed E-state index contributed by atoms with van der Waals surface area (Å²) in [5, 5.41) is 28.3. The average molecular weight is 388 g/mol. The van der Waals surface area contributed by atoms with Crippen LogP contribution in [-0.2, 0) is 37.5 Å². The molecule has 0 aromatic carbocycles. The zero-order chi connectivity index (χ0) is 15.7. The summed E-state index contributed by atoms with van der Waals surface area (Å²) in [7, 11) is 0. The third-order valence-electron chi connectivity index (χ3n) is 4.71. The van der Waals surface area contributed by atoms with Crippen molar-refractivity contribution in [3.05, 3.63) is 6.42 Å². The number of carboxylic acids is 1. The number of carbonyl (C=O) groups is 1. The predicted octanol–water partition coefficient (Wildman–Crippen LogP) is 3.16. The van der Waals surface area contributed by atoms with Gasteiger partial charge < -0.3 is 21.7 Å². The van der Waals surface area contributed by atoms with Crippen molar-refractivity contribution in [1.29, 1.82) is 0 Å². The van der Waals surface area contributed by atoms with E-state index >= 15 is 0 Å². The van der Waals surface area contributed by atoms with Crippen molar-refractivity contribution in [3.8, 4) is 0 Å². The van der Waals surface area contributed by atoms with Crippen LogP contribution >= 0.6 is 0 Å². The van der Waals surface area contributed by atoms with Crippen LogP contribution in [0.4, 0.5) is 0 Å². The Hall–Kier alpha value is 0.494. The van der Waals surface area contributed by atoms with E-state index in [1.807, 2.05) is 6.92 Å². The first-order chi connectivity index (χ1) is 10.0. The zero-order valence-corrected chi connectivity index (χ0v) is 16.6. The molecule has 1 fully saturated rings. The number of hydrogen-bond acceptors (Lipinski definition) is 3. The van der Waals surface area contributed by atoms with Gasteiger partial charge in [0.15, 0.2) is 0 Å². The van der Waals surface area contributed by atoms with E-state index < -0.39 is 5.97 Å². The van der Waals surface area contributed by atoms with Crippen molar-refractivity contribution >= 4 is 5.97 Å². The first kappa shape index (κ1) is 22.5. The molecule has 0 unspecified atom stereocenters. The molecule has 0 aliphatic heterocycles. The summed E-state index contributed by atoms with van der Waals surface area (Å²) in [5.74, 6) is 0.0468. The summed E-state index contributed by atoms with van der Waals surface area (Å²) >= 11 is 0. The van der Waals surface area contributed by atoms with Gasteiger partial charge in [0.05, 0.1) is 6.10 Å². The van der Waals surface area contributed by atoms with E-state index in [1.165, 1.54) is 0 Å². The van der Waals surface area contributed by atoms with Crippen LogP contribution in [0.25, 0.3) is 0 Å². The summed E-state index contributed by atoms with van der Waals surface area (Å²) in [4.78, 5) is 10.4. The quantitative estimate of drug-likeness (QED) is 0.375. The van der Waals surface area contributed by atoms with Gasteiger partial charge in [-0.15, -0.1) is 0 Å². The average Bonchev–Trinajstić information content (AvgIpc) is 2.80. The van der Waals surface area contributed by atoms with Gasteiger partial charge in [-0.2, -0.15) is 12.3 Å². The largest absolute Gasteiger partial charge is 0.481 e. The summed E-state index contributed by atoms with van der Waals surface area (Å²) < 4.78 is 0. The van der Waals surface area contributed by atoms with Crippen LogP contribution in [0.15, 0.2) is 0 Å². The topological polar surface area (TPSA) is 77.8 Å². The van der Waals surface area contributed by atoms with Crippen LogP contribution < -0.4 is 0 Å². The smallest absolute Gasteiger partial charge is 0.303 e. The number of aliphatic hydroxyl groups is 2. The van der Waals surface area contributed by atoms with Gasteiger partial charge in [-0.05, 0) is 31.6 Å². The van der Waals surface area contributed by atoms with Crippen LogP contribution in [0.2, 0.25) is 0 Å². The van der Waals surface area contributed by atoms with Crippen LogP contribution in [0.1, 0.15) is 71.1 Å². The van der Waals surface area contributed by atoms with E-state index in [9.17, 15) is 15.0 Å². The molecule has 4 atom stereocenters. The van der Waals surface area contributed by atoms with Gasteiger partial charge in [-0.3, -0.25) is 4.79 Å². The molecule has 0 spiro atoms. The van der Waals surface area contributed by atoms with Crippen LogP contribution in [-0.4, -0.2) is 33.5 Å². The molecular formula is C17H31O4Y-. The number of aliphatic carboxylic acids is 1. The minimum atomic E-state index is -0.711. The molecule has 1 radical (unpaired) electrons. The zero-order valence-electron chi connectivity index (χ0n) is 13.8. The number of carboxylic acid groups (broad SMARTS) is 1. The van der Waals surface area contributed by atoms with Gasteiger partial charge in [0.2, 0.25) is 0 Å². The molecule has 0 saturated heterocycles. The Balaban J connectivity index is 0.00000441. The molecule has 1 saturated carbocycles. The molecule has 0 amide bonds. The Morgan fingerprint density at radius 1 is 1.23 bits per heavy atom. The molecule has 3 N–H and O–H groups in total. The number of unbranched alkanes of at least 4 members (excludes halogenated alkanes) is 3. The van der Waals surface area contributed by atoms with E-state index in [-0.39, 0.29) is 51.3 Å². The molecule has 1 aliphatic rings. The molecule has 0 aromatic heterocycles. The standard InChI is InChI=1S/C17H31O4.Y/c1-2-14(18)10-11-15-13(9-12-16(15)19)7-5-3-4-6-8-17(20)21;/h9,13-16,18-19H,2-8,10-12H2,1H3,(H,20,21);/q-1;/t13-,14+,15-,16-;/m1./s1. The Kier molecular flexibility index (Phi) is 13.1. The maximum Gasteiger partial charge on any atom is 0.303 e. The second-order valence-corrected chi connectivity index (χ2v) is 6.35. The summed E-state index contributed by atoms with van der Waals surface area (Å²) in [5.41, 5.74) is 0. The van der Waals surface area contributed by atoms with Gasteiger partial charge in [0.1, 0.15) is 0 Å². The number of rotatable bonds is 11. The van der Waals surface area contributed by atoms with E-state index in [0.717, 1.165) is 57.8 Å². The predicted molar refractivity (Wildman–Crippen MR) is 82.8 cm³/mol. The van der Waals surface area contributed by atoms with Crippen molar-refractivity contribution in [1.82, 2.24) is 0 Å². The van der Waals surface area contributed by atoms with Gasteiger partial charge >= 0.3 is 5.97 Å². The summed E-state index contributed by atoms with van der Waals surface area (Å²) in [6.45, 7) is 1.98. The Labute approximate surface area is 160 Å². The fourth-order valence-electron chi connectivity index (χ4n) is 3.29. The van der Waals surface area contributed by atoms with E-state index in [0.29, 0.717) is 11.8 Å². The van der Waals surface area contributed by atoms with Crippen molar-refractivity contribution in [2.75, 3.05) is 0 Å². The maximum absolute atomic E-state index is 10.4. The second kappa shape index (κ2) is 12.9. The molecule has 1 rings (SSSR count). The van der Waals surface area contributed by atoms with E-state index in [1.54, 1.807) is 0 Å². The minimum absolute atomic E-state index is 0. The first-order valence-corrected chi connectivity index (χ1v) is 8.45. The molecule has 4 nitrogen and oxygen atoms in total. The van der Waals surface area contributed by atoms with Gasteiger partial charge in [0.25, 0.3) is 0 Å². The SMILES string of the molecule is CC[C@H](O)CC[C@H]1[C@H](O)C[CH-][C@H]1CCCCCCC(=O)O.[Y]. The maximum atomic E-state index is 10.4. The molecule has 22 heavy (non-hydrogen) atoms. The van der Waals surface area contributed by atoms with Gasteiger partial charge in [0, 0.05) is 45.2 Å². The molecule has 5 heteroatoms. The normalized spacial score (nSPS) is 25.7. The molecule has 0 heterocycles. The monoisotopic (exact) mass is 388 g/mol. The van der Waals surface area contributed by atoms with Crippen LogP contribution in [0.5, 0.6) is 0 Å². The van der Waals surface area contributed by atoms with Crippen LogP contribution in [0.3, 0.4) is 0 Å². The fourth-order valence-corrected chi connectivity index (χ4v) is 3.29. The fraction of sp³-hybridized carbons (Fsp3) is 0.882. The third-order valence-corrected chi connectivity index (χ3v) is 4.71. The van der Waals surface area contributed by atoms with E-state index in [2.05, 4.69) is 6.42 Å².